The summed E-state index contributed by atoms with van der Waals surface area (Å²) in [4.78, 5) is 4.75. The standard InChI is InChI=1S/C17H23ClN2/c1-13-8-7-11-15-17(13)20(16(12-18)19-15)14-9-5-3-2-4-6-10-14/h7-8,11,14H,2-6,9-10,12H2,1H3. The minimum absolute atomic E-state index is 0.505. The van der Waals surface area contributed by atoms with Gasteiger partial charge in [-0.25, -0.2) is 4.98 Å². The van der Waals surface area contributed by atoms with Crippen LogP contribution in [-0.4, -0.2) is 9.55 Å². The molecular formula is C17H23ClN2. The summed E-state index contributed by atoms with van der Waals surface area (Å²) in [5.41, 5.74) is 3.71. The highest BCUT2D eigenvalue weighted by Crippen LogP contribution is 2.32. The first-order valence-corrected chi connectivity index (χ1v) is 8.37. The molecule has 20 heavy (non-hydrogen) atoms. The molecule has 0 atom stereocenters. The number of para-hydroxylation sites is 1. The van der Waals surface area contributed by atoms with Crippen LogP contribution in [0.4, 0.5) is 0 Å². The van der Waals surface area contributed by atoms with Crippen LogP contribution in [0.25, 0.3) is 11.0 Å². The van der Waals surface area contributed by atoms with Gasteiger partial charge in [-0.2, -0.15) is 0 Å². The molecule has 1 saturated carbocycles. The second-order valence-electron chi connectivity index (χ2n) is 5.97. The lowest BCUT2D eigenvalue weighted by atomic mass is 9.96. The summed E-state index contributed by atoms with van der Waals surface area (Å²) in [5, 5.41) is 0. The fourth-order valence-electron chi connectivity index (χ4n) is 3.55. The number of hydrogen-bond donors (Lipinski definition) is 0. The van der Waals surface area contributed by atoms with Gasteiger partial charge in [-0.3, -0.25) is 0 Å². The first-order chi connectivity index (χ1) is 9.81. The summed E-state index contributed by atoms with van der Waals surface area (Å²) >= 11 is 6.16. The van der Waals surface area contributed by atoms with E-state index in [1.807, 2.05) is 0 Å². The van der Waals surface area contributed by atoms with E-state index in [2.05, 4.69) is 29.7 Å². The number of fused-ring (bicyclic) bond motifs is 1. The Morgan fingerprint density at radius 2 is 1.85 bits per heavy atom. The Bertz CT molecular complexity index is 580. The number of imidazole rings is 1. The van der Waals surface area contributed by atoms with Crippen molar-refractivity contribution in [1.82, 2.24) is 9.55 Å². The van der Waals surface area contributed by atoms with Crippen LogP contribution in [0, 0.1) is 6.92 Å². The average Bonchev–Trinajstić information content (AvgIpc) is 2.78. The fraction of sp³-hybridized carbons (Fsp3) is 0.588. The molecule has 1 aliphatic carbocycles. The zero-order valence-electron chi connectivity index (χ0n) is 12.2. The number of rotatable bonds is 2. The van der Waals surface area contributed by atoms with Gasteiger partial charge in [0, 0.05) is 6.04 Å². The van der Waals surface area contributed by atoms with Crippen LogP contribution in [0.1, 0.15) is 62.4 Å². The molecular weight excluding hydrogens is 268 g/mol. The Morgan fingerprint density at radius 1 is 1.15 bits per heavy atom. The maximum Gasteiger partial charge on any atom is 0.125 e. The van der Waals surface area contributed by atoms with Gasteiger partial charge in [0.25, 0.3) is 0 Å². The zero-order chi connectivity index (χ0) is 13.9. The molecule has 0 N–H and O–H groups in total. The van der Waals surface area contributed by atoms with Crippen LogP contribution in [0.15, 0.2) is 18.2 Å². The van der Waals surface area contributed by atoms with E-state index < -0.39 is 0 Å². The number of aryl methyl sites for hydroxylation is 1. The Labute approximate surface area is 126 Å². The molecule has 0 unspecified atom stereocenters. The lowest BCUT2D eigenvalue weighted by molar-refractivity contribution is 0.373. The number of aromatic nitrogens is 2. The molecule has 2 aromatic rings. The molecule has 0 saturated heterocycles. The van der Waals surface area contributed by atoms with Crippen molar-refractivity contribution in [1.29, 1.82) is 0 Å². The second-order valence-corrected chi connectivity index (χ2v) is 6.24. The van der Waals surface area contributed by atoms with Crippen molar-refractivity contribution < 1.29 is 0 Å². The third kappa shape index (κ3) is 2.58. The van der Waals surface area contributed by atoms with Gasteiger partial charge in [0.05, 0.1) is 16.9 Å². The van der Waals surface area contributed by atoms with E-state index in [-0.39, 0.29) is 0 Å². The first-order valence-electron chi connectivity index (χ1n) is 7.83. The minimum atomic E-state index is 0.505. The lowest BCUT2D eigenvalue weighted by Gasteiger charge is -2.24. The molecule has 0 bridgehead atoms. The van der Waals surface area contributed by atoms with Crippen LogP contribution in [0.5, 0.6) is 0 Å². The highest BCUT2D eigenvalue weighted by atomic mass is 35.5. The quantitative estimate of drug-likeness (QED) is 0.680. The highest BCUT2D eigenvalue weighted by molar-refractivity contribution is 6.16. The molecule has 0 radical (unpaired) electrons. The number of nitrogens with zero attached hydrogens (tertiary/aromatic N) is 2. The molecule has 1 heterocycles. The number of alkyl halides is 1. The highest BCUT2D eigenvalue weighted by Gasteiger charge is 2.20. The number of benzene rings is 1. The monoisotopic (exact) mass is 290 g/mol. The van der Waals surface area contributed by atoms with Crippen LogP contribution in [0.3, 0.4) is 0 Å². The fourth-order valence-corrected chi connectivity index (χ4v) is 3.74. The Kier molecular flexibility index (Phi) is 4.30. The van der Waals surface area contributed by atoms with Gasteiger partial charge >= 0.3 is 0 Å². The molecule has 3 rings (SSSR count). The van der Waals surface area contributed by atoms with Crippen molar-refractivity contribution in [2.45, 2.75) is 63.8 Å². The largest absolute Gasteiger partial charge is 0.324 e. The number of hydrogen-bond acceptors (Lipinski definition) is 1. The van der Waals surface area contributed by atoms with Crippen LogP contribution < -0.4 is 0 Å². The first kappa shape index (κ1) is 13.9. The summed E-state index contributed by atoms with van der Waals surface area (Å²) < 4.78 is 2.45. The van der Waals surface area contributed by atoms with Gasteiger partial charge in [0.2, 0.25) is 0 Å². The van der Waals surface area contributed by atoms with E-state index in [4.69, 9.17) is 16.6 Å². The van der Waals surface area contributed by atoms with Crippen LogP contribution in [-0.2, 0) is 5.88 Å². The molecule has 1 aliphatic rings. The van der Waals surface area contributed by atoms with Gasteiger partial charge in [-0.15, -0.1) is 11.6 Å². The van der Waals surface area contributed by atoms with Crippen molar-refractivity contribution in [2.75, 3.05) is 0 Å². The minimum Gasteiger partial charge on any atom is -0.324 e. The maximum absolute atomic E-state index is 6.16. The van der Waals surface area contributed by atoms with Crippen molar-refractivity contribution in [3.8, 4) is 0 Å². The van der Waals surface area contributed by atoms with Crippen molar-refractivity contribution >= 4 is 22.6 Å². The van der Waals surface area contributed by atoms with Crippen LogP contribution >= 0.6 is 11.6 Å². The van der Waals surface area contributed by atoms with Crippen LogP contribution in [0.2, 0.25) is 0 Å². The van der Waals surface area contributed by atoms with Crippen molar-refractivity contribution in [2.24, 2.45) is 0 Å². The van der Waals surface area contributed by atoms with E-state index >= 15 is 0 Å². The van der Waals surface area contributed by atoms with Gasteiger partial charge in [0.1, 0.15) is 5.82 Å². The molecule has 1 aromatic heterocycles. The molecule has 1 fully saturated rings. The van der Waals surface area contributed by atoms with Gasteiger partial charge in [0.15, 0.2) is 0 Å². The van der Waals surface area contributed by atoms with E-state index in [0.717, 1.165) is 11.3 Å². The zero-order valence-corrected chi connectivity index (χ0v) is 13.0. The predicted molar refractivity (Wildman–Crippen MR) is 85.4 cm³/mol. The van der Waals surface area contributed by atoms with E-state index in [1.165, 1.54) is 56.0 Å². The average molecular weight is 291 g/mol. The Hall–Kier alpha value is -1.02. The molecule has 0 aliphatic heterocycles. The van der Waals surface area contributed by atoms with E-state index in [9.17, 15) is 0 Å². The van der Waals surface area contributed by atoms with Gasteiger partial charge < -0.3 is 4.57 Å². The van der Waals surface area contributed by atoms with Gasteiger partial charge in [-0.05, 0) is 31.4 Å². The topological polar surface area (TPSA) is 17.8 Å². The summed E-state index contributed by atoms with van der Waals surface area (Å²) in [6.07, 6.45) is 9.35. The molecule has 3 heteroatoms. The molecule has 1 aromatic carbocycles. The van der Waals surface area contributed by atoms with Crippen molar-refractivity contribution in [3.63, 3.8) is 0 Å². The van der Waals surface area contributed by atoms with Crippen molar-refractivity contribution in [3.05, 3.63) is 29.6 Å². The summed E-state index contributed by atoms with van der Waals surface area (Å²) in [7, 11) is 0. The second kappa shape index (κ2) is 6.17. The van der Waals surface area contributed by atoms with E-state index in [1.54, 1.807) is 0 Å². The SMILES string of the molecule is Cc1cccc2nc(CCl)n(C3CCCCCCC3)c12. The Balaban J connectivity index is 2.07. The third-order valence-corrected chi connectivity index (χ3v) is 4.78. The Morgan fingerprint density at radius 3 is 2.55 bits per heavy atom. The van der Waals surface area contributed by atoms with Gasteiger partial charge in [-0.1, -0.05) is 44.2 Å². The molecule has 2 nitrogen and oxygen atoms in total. The maximum atomic E-state index is 6.16. The summed E-state index contributed by atoms with van der Waals surface area (Å²) in [6.45, 7) is 2.18. The predicted octanol–water partition coefficient (Wildman–Crippen LogP) is 5.37. The number of halogens is 1. The van der Waals surface area contributed by atoms with E-state index in [0.29, 0.717) is 11.9 Å². The third-order valence-electron chi connectivity index (χ3n) is 4.54. The smallest absolute Gasteiger partial charge is 0.125 e. The summed E-state index contributed by atoms with van der Waals surface area (Å²) in [6, 6.07) is 6.96. The normalized spacial score (nSPS) is 18.1. The lowest BCUT2D eigenvalue weighted by Crippen LogP contribution is -2.14. The summed E-state index contributed by atoms with van der Waals surface area (Å²) in [5.74, 6) is 1.55. The molecule has 0 spiro atoms. The molecule has 0 amide bonds. The molecule has 108 valence electrons.